The van der Waals surface area contributed by atoms with Gasteiger partial charge < -0.3 is 18.9 Å². The van der Waals surface area contributed by atoms with Crippen molar-refractivity contribution in [1.29, 1.82) is 0 Å². The largest absolute Gasteiger partial charge is 0.493 e. The van der Waals surface area contributed by atoms with Crippen LogP contribution in [0, 0.1) is 5.41 Å². The number of ether oxygens (including phenoxy) is 4. The first-order chi connectivity index (χ1) is 16.2. The lowest BCUT2D eigenvalue weighted by molar-refractivity contribution is 0.148. The molecule has 4 heteroatoms. The van der Waals surface area contributed by atoms with E-state index in [4.69, 9.17) is 18.9 Å². The smallest absolute Gasteiger partial charge is 0.203 e. The van der Waals surface area contributed by atoms with Crippen LogP contribution in [0.4, 0.5) is 0 Å². The molecular formula is C30H42O4. The molecule has 4 nitrogen and oxygen atoms in total. The van der Waals surface area contributed by atoms with Gasteiger partial charge in [0.1, 0.15) is 0 Å². The fraction of sp³-hybridized carbons (Fsp3) is 0.467. The minimum atomic E-state index is 0.274. The fourth-order valence-electron chi connectivity index (χ4n) is 4.29. The number of allylic oxidation sites excluding steroid dienone is 9. The summed E-state index contributed by atoms with van der Waals surface area (Å²) in [5, 5.41) is 0. The summed E-state index contributed by atoms with van der Waals surface area (Å²) >= 11 is 0. The number of hydrogen-bond acceptors (Lipinski definition) is 4. The van der Waals surface area contributed by atoms with Crippen molar-refractivity contribution in [2.45, 2.75) is 60.5 Å². The highest BCUT2D eigenvalue weighted by atomic mass is 16.5. The van der Waals surface area contributed by atoms with Crippen molar-refractivity contribution in [1.82, 2.24) is 0 Å². The third kappa shape index (κ3) is 7.95. The predicted octanol–water partition coefficient (Wildman–Crippen LogP) is 7.76. The summed E-state index contributed by atoms with van der Waals surface area (Å²) < 4.78 is 22.0. The predicted molar refractivity (Wildman–Crippen MR) is 142 cm³/mol. The second-order valence-electron chi connectivity index (χ2n) is 9.53. The molecule has 0 N–H and O–H groups in total. The van der Waals surface area contributed by atoms with Crippen LogP contribution in [0.25, 0.3) is 0 Å². The van der Waals surface area contributed by atoms with Crippen LogP contribution in [0.2, 0.25) is 0 Å². The Labute approximate surface area is 206 Å². The Morgan fingerprint density at radius 2 is 1.65 bits per heavy atom. The number of rotatable bonds is 11. The minimum absolute atomic E-state index is 0.274. The summed E-state index contributed by atoms with van der Waals surface area (Å²) in [6.07, 6.45) is 16.8. The molecule has 0 atom stereocenters. The molecule has 2 rings (SSSR count). The topological polar surface area (TPSA) is 36.9 Å². The van der Waals surface area contributed by atoms with E-state index in [0.717, 1.165) is 11.1 Å². The summed E-state index contributed by atoms with van der Waals surface area (Å²) in [4.78, 5) is 0. The lowest BCUT2D eigenvalue weighted by Gasteiger charge is -2.32. The highest BCUT2D eigenvalue weighted by Crippen LogP contribution is 2.41. The zero-order chi connectivity index (χ0) is 25.1. The Bertz CT molecular complexity index is 949. The molecule has 0 bridgehead atoms. The van der Waals surface area contributed by atoms with Crippen molar-refractivity contribution in [2.75, 3.05) is 27.9 Å². The van der Waals surface area contributed by atoms with Crippen molar-refractivity contribution >= 4 is 0 Å². The van der Waals surface area contributed by atoms with E-state index < -0.39 is 0 Å². The molecule has 186 valence electrons. The van der Waals surface area contributed by atoms with Gasteiger partial charge in [-0.25, -0.2) is 0 Å². The third-order valence-corrected chi connectivity index (χ3v) is 6.29. The third-order valence-electron chi connectivity index (χ3n) is 6.29. The SMILES string of the molecule is COc1cc(COC/C=C(C)/C=C/C=C(C)/C=C/C2=C(C)CCCC2(C)C)cc(OC)c1OC. The zero-order valence-corrected chi connectivity index (χ0v) is 22.3. The molecule has 0 saturated heterocycles. The first-order valence-electron chi connectivity index (χ1n) is 12.0. The molecule has 0 amide bonds. The van der Waals surface area contributed by atoms with Crippen LogP contribution in [-0.4, -0.2) is 27.9 Å². The Morgan fingerprint density at radius 3 is 2.24 bits per heavy atom. The van der Waals surface area contributed by atoms with Crippen LogP contribution in [0.5, 0.6) is 17.2 Å². The van der Waals surface area contributed by atoms with Crippen LogP contribution in [0.3, 0.4) is 0 Å². The first-order valence-corrected chi connectivity index (χ1v) is 12.0. The van der Waals surface area contributed by atoms with Gasteiger partial charge in [0, 0.05) is 0 Å². The van der Waals surface area contributed by atoms with E-state index in [-0.39, 0.29) is 5.41 Å². The molecule has 0 saturated carbocycles. The highest BCUT2D eigenvalue weighted by molar-refractivity contribution is 5.53. The second-order valence-corrected chi connectivity index (χ2v) is 9.53. The van der Waals surface area contributed by atoms with Crippen LogP contribution in [0.1, 0.15) is 59.4 Å². The Morgan fingerprint density at radius 1 is 0.971 bits per heavy atom. The fourth-order valence-corrected chi connectivity index (χ4v) is 4.29. The van der Waals surface area contributed by atoms with Gasteiger partial charge in [-0.1, -0.05) is 67.0 Å². The molecule has 0 radical (unpaired) electrons. The molecular weight excluding hydrogens is 424 g/mol. The van der Waals surface area contributed by atoms with E-state index in [1.807, 2.05) is 12.1 Å². The number of benzene rings is 1. The maximum absolute atomic E-state index is 5.83. The van der Waals surface area contributed by atoms with Crippen molar-refractivity contribution < 1.29 is 18.9 Å². The van der Waals surface area contributed by atoms with Gasteiger partial charge >= 0.3 is 0 Å². The molecule has 1 aromatic rings. The van der Waals surface area contributed by atoms with Gasteiger partial charge in [0.2, 0.25) is 5.75 Å². The van der Waals surface area contributed by atoms with Crippen LogP contribution < -0.4 is 14.2 Å². The lowest BCUT2D eigenvalue weighted by Crippen LogP contribution is -2.19. The Hall–Kier alpha value is -2.72. The van der Waals surface area contributed by atoms with Gasteiger partial charge in [0.05, 0.1) is 34.5 Å². The minimum Gasteiger partial charge on any atom is -0.493 e. The van der Waals surface area contributed by atoms with E-state index in [9.17, 15) is 0 Å². The molecule has 0 aromatic heterocycles. The van der Waals surface area contributed by atoms with Crippen LogP contribution >= 0.6 is 0 Å². The standard InChI is InChI=1S/C30H42O4/c1-22(14-15-26-24(3)13-10-17-30(26,4)5)11-9-12-23(2)16-18-34-21-25-19-27(31-6)29(33-8)28(20-25)32-7/h9,11-12,14-16,19-20H,10,13,17-18,21H2,1-8H3/b12-9+,15-14+,22-11+,23-16+. The average molecular weight is 467 g/mol. The van der Waals surface area contributed by atoms with Crippen LogP contribution in [0.15, 0.2) is 70.9 Å². The summed E-state index contributed by atoms with van der Waals surface area (Å²) in [5.41, 5.74) is 6.66. The van der Waals surface area contributed by atoms with Crippen molar-refractivity contribution in [2.24, 2.45) is 5.41 Å². The molecule has 0 spiro atoms. The van der Waals surface area contributed by atoms with Gasteiger partial charge in [-0.15, -0.1) is 0 Å². The van der Waals surface area contributed by atoms with E-state index in [0.29, 0.717) is 30.5 Å². The van der Waals surface area contributed by atoms with Gasteiger partial charge in [-0.2, -0.15) is 0 Å². The Kier molecular flexibility index (Phi) is 10.7. The summed E-state index contributed by atoms with van der Waals surface area (Å²) in [6, 6.07) is 3.82. The van der Waals surface area contributed by atoms with E-state index >= 15 is 0 Å². The normalized spacial score (nSPS) is 17.1. The maximum atomic E-state index is 5.83. The van der Waals surface area contributed by atoms with Gasteiger partial charge in [0.25, 0.3) is 0 Å². The first kappa shape index (κ1) is 27.5. The number of methoxy groups -OCH3 is 3. The summed E-state index contributed by atoms with van der Waals surface area (Å²) in [5.74, 6) is 1.84. The highest BCUT2D eigenvalue weighted by Gasteiger charge is 2.26. The van der Waals surface area contributed by atoms with Crippen molar-refractivity contribution in [3.8, 4) is 17.2 Å². The quantitative estimate of drug-likeness (QED) is 0.247. The molecule has 0 aliphatic heterocycles. The lowest BCUT2D eigenvalue weighted by atomic mass is 9.72. The van der Waals surface area contributed by atoms with Gasteiger partial charge in [0.15, 0.2) is 11.5 Å². The van der Waals surface area contributed by atoms with Gasteiger partial charge in [-0.05, 0) is 68.7 Å². The van der Waals surface area contributed by atoms with E-state index in [1.165, 1.54) is 36.0 Å². The second kappa shape index (κ2) is 13.2. The molecule has 1 aromatic carbocycles. The molecule has 34 heavy (non-hydrogen) atoms. The zero-order valence-electron chi connectivity index (χ0n) is 22.3. The number of hydrogen-bond donors (Lipinski definition) is 0. The van der Waals surface area contributed by atoms with E-state index in [1.54, 1.807) is 21.3 Å². The molecule has 1 aliphatic carbocycles. The van der Waals surface area contributed by atoms with Crippen molar-refractivity contribution in [3.05, 3.63) is 76.4 Å². The molecule has 0 unspecified atom stereocenters. The maximum Gasteiger partial charge on any atom is 0.203 e. The van der Waals surface area contributed by atoms with E-state index in [2.05, 4.69) is 71.1 Å². The molecule has 0 fully saturated rings. The monoisotopic (exact) mass is 466 g/mol. The van der Waals surface area contributed by atoms with Crippen LogP contribution in [-0.2, 0) is 11.3 Å². The summed E-state index contributed by atoms with van der Waals surface area (Å²) in [6.45, 7) is 12.2. The summed E-state index contributed by atoms with van der Waals surface area (Å²) in [7, 11) is 4.82. The molecule has 0 heterocycles. The average Bonchev–Trinajstić information content (AvgIpc) is 2.80. The molecule has 1 aliphatic rings. The van der Waals surface area contributed by atoms with Gasteiger partial charge in [-0.3, -0.25) is 0 Å². The Balaban J connectivity index is 1.90. The van der Waals surface area contributed by atoms with Crippen molar-refractivity contribution in [3.63, 3.8) is 0 Å².